The van der Waals surface area contributed by atoms with Gasteiger partial charge in [-0.25, -0.2) is 4.79 Å². The smallest absolute Gasteiger partial charge is 0.328 e. The van der Waals surface area contributed by atoms with E-state index in [1.165, 1.54) is 44.9 Å². The highest BCUT2D eigenvalue weighted by atomic mass is 16.6. The van der Waals surface area contributed by atoms with Crippen LogP contribution in [0.5, 0.6) is 0 Å². The fourth-order valence-electron chi connectivity index (χ4n) is 5.00. The lowest BCUT2D eigenvalue weighted by Crippen LogP contribution is -2.48. The summed E-state index contributed by atoms with van der Waals surface area (Å²) in [6, 6.07) is -0.636. The van der Waals surface area contributed by atoms with Gasteiger partial charge in [0.1, 0.15) is 18.2 Å². The first-order chi connectivity index (χ1) is 17.3. The third-order valence-electron chi connectivity index (χ3n) is 7.60. The normalized spacial score (nSPS) is 19.8. The molecule has 1 heterocycles. The molecule has 1 fully saturated rings. The van der Waals surface area contributed by atoms with Crippen LogP contribution in [0.15, 0.2) is 0 Å². The Bertz CT molecular complexity index is 608. The van der Waals surface area contributed by atoms with Crippen molar-refractivity contribution in [1.29, 1.82) is 0 Å². The largest absolute Gasteiger partial charge is 0.461 e. The van der Waals surface area contributed by atoms with Crippen LogP contribution in [0.4, 0.5) is 0 Å². The Morgan fingerprint density at radius 3 is 2.17 bits per heavy atom. The van der Waals surface area contributed by atoms with E-state index in [1.807, 2.05) is 13.8 Å². The number of cyclic esters (lactones) is 1. The Balaban J connectivity index is 2.61. The Morgan fingerprint density at radius 2 is 1.61 bits per heavy atom. The highest BCUT2D eigenvalue weighted by Crippen LogP contribution is 2.33. The summed E-state index contributed by atoms with van der Waals surface area (Å²) in [7, 11) is 0. The summed E-state index contributed by atoms with van der Waals surface area (Å²) < 4.78 is 11.4. The second-order valence-electron chi connectivity index (χ2n) is 11.4. The van der Waals surface area contributed by atoms with Gasteiger partial charge in [-0.3, -0.25) is 9.59 Å². The van der Waals surface area contributed by atoms with E-state index in [9.17, 15) is 14.4 Å². The van der Waals surface area contributed by atoms with Crippen molar-refractivity contribution in [2.24, 2.45) is 17.8 Å². The zero-order chi connectivity index (χ0) is 26.8. The van der Waals surface area contributed by atoms with Gasteiger partial charge in [-0.2, -0.15) is 0 Å². The number of hydrogen-bond acceptors (Lipinski definition) is 5. The van der Waals surface area contributed by atoms with Crippen molar-refractivity contribution in [1.82, 2.24) is 5.32 Å². The molecule has 1 unspecified atom stereocenters. The maximum Gasteiger partial charge on any atom is 0.328 e. The minimum Gasteiger partial charge on any atom is -0.461 e. The average molecular weight is 510 g/mol. The van der Waals surface area contributed by atoms with Crippen molar-refractivity contribution in [3.63, 3.8) is 0 Å². The highest BCUT2D eigenvalue weighted by Gasteiger charge is 2.43. The SMILES string of the molecule is CCCCCCCCCCC[C@@H](C[C@@H]1OC(=O)[C@H]1CCCC(C)CC)OC(=O)[C@H](CC(C)C)NC=O. The van der Waals surface area contributed by atoms with E-state index in [1.54, 1.807) is 0 Å². The molecule has 1 N–H and O–H groups in total. The molecule has 1 rings (SSSR count). The fraction of sp³-hybridized carbons (Fsp3) is 0.900. The monoisotopic (exact) mass is 509 g/mol. The van der Waals surface area contributed by atoms with Crippen molar-refractivity contribution in [2.45, 2.75) is 156 Å². The number of unbranched alkanes of at least 4 members (excludes halogenated alkanes) is 8. The maximum absolute atomic E-state index is 12.9. The lowest BCUT2D eigenvalue weighted by atomic mass is 9.85. The lowest BCUT2D eigenvalue weighted by molar-refractivity contribution is -0.190. The molecule has 0 aromatic heterocycles. The molecule has 210 valence electrons. The first-order valence-electron chi connectivity index (χ1n) is 14.9. The van der Waals surface area contributed by atoms with E-state index in [2.05, 4.69) is 26.1 Å². The van der Waals surface area contributed by atoms with Crippen LogP contribution >= 0.6 is 0 Å². The first kappa shape index (κ1) is 32.4. The number of esters is 2. The number of ether oxygens (including phenoxy) is 2. The zero-order valence-electron chi connectivity index (χ0n) is 23.9. The Hall–Kier alpha value is -1.59. The van der Waals surface area contributed by atoms with Crippen molar-refractivity contribution < 1.29 is 23.9 Å². The lowest BCUT2D eigenvalue weighted by Gasteiger charge is -2.37. The molecule has 6 heteroatoms. The number of amides is 1. The number of rotatable bonds is 23. The number of carbonyl (C=O) groups is 3. The Kier molecular flexibility index (Phi) is 17.6. The van der Waals surface area contributed by atoms with Crippen LogP contribution in [0.25, 0.3) is 0 Å². The van der Waals surface area contributed by atoms with E-state index in [4.69, 9.17) is 9.47 Å². The van der Waals surface area contributed by atoms with E-state index in [-0.39, 0.29) is 36.0 Å². The van der Waals surface area contributed by atoms with Gasteiger partial charge in [-0.05, 0) is 37.5 Å². The number of carbonyl (C=O) groups excluding carboxylic acids is 3. The maximum atomic E-state index is 12.9. The first-order valence-corrected chi connectivity index (χ1v) is 14.9. The summed E-state index contributed by atoms with van der Waals surface area (Å²) in [5.74, 6) is 0.350. The molecule has 1 saturated heterocycles. The predicted octanol–water partition coefficient (Wildman–Crippen LogP) is 7.13. The molecule has 0 radical (unpaired) electrons. The van der Waals surface area contributed by atoms with Gasteiger partial charge in [0.25, 0.3) is 0 Å². The van der Waals surface area contributed by atoms with Gasteiger partial charge in [-0.1, -0.05) is 105 Å². The summed E-state index contributed by atoms with van der Waals surface area (Å²) in [6.07, 6.45) is 17.2. The van der Waals surface area contributed by atoms with Crippen LogP contribution in [0, 0.1) is 17.8 Å². The topological polar surface area (TPSA) is 81.7 Å². The van der Waals surface area contributed by atoms with Crippen molar-refractivity contribution in [3.8, 4) is 0 Å². The summed E-state index contributed by atoms with van der Waals surface area (Å²) in [5, 5.41) is 2.62. The van der Waals surface area contributed by atoms with Gasteiger partial charge >= 0.3 is 11.9 Å². The van der Waals surface area contributed by atoms with E-state index in [0.29, 0.717) is 25.2 Å². The molecule has 36 heavy (non-hydrogen) atoms. The van der Waals surface area contributed by atoms with Crippen molar-refractivity contribution in [3.05, 3.63) is 0 Å². The molecular weight excluding hydrogens is 454 g/mol. The highest BCUT2D eigenvalue weighted by molar-refractivity contribution is 5.79. The van der Waals surface area contributed by atoms with Gasteiger partial charge in [0.05, 0.1) is 5.92 Å². The molecule has 6 nitrogen and oxygen atoms in total. The molecule has 0 bridgehead atoms. The molecule has 1 amide bonds. The minimum absolute atomic E-state index is 0.0852. The molecule has 0 saturated carbocycles. The van der Waals surface area contributed by atoms with Crippen molar-refractivity contribution >= 4 is 18.3 Å². The quantitative estimate of drug-likeness (QED) is 0.0900. The standard InChI is InChI=1S/C30H55NO5/c1-6-8-9-10-11-12-13-14-15-18-25(35-30(34)27(31-22-32)20-23(3)4)21-28-26(29(33)36-28)19-16-17-24(5)7-2/h22-28H,6-21H2,1-5H3,(H,31,32)/t24?,25-,26-,27-,28-/m0/s1. The summed E-state index contributed by atoms with van der Waals surface area (Å²) in [5.41, 5.74) is 0. The molecule has 0 aromatic rings. The van der Waals surface area contributed by atoms with Gasteiger partial charge < -0.3 is 14.8 Å². The molecule has 0 spiro atoms. The predicted molar refractivity (Wildman–Crippen MR) is 145 cm³/mol. The second-order valence-corrected chi connectivity index (χ2v) is 11.4. The summed E-state index contributed by atoms with van der Waals surface area (Å²) in [4.78, 5) is 36.1. The third kappa shape index (κ3) is 13.6. The second kappa shape index (κ2) is 19.5. The van der Waals surface area contributed by atoms with E-state index >= 15 is 0 Å². The minimum atomic E-state index is -0.636. The average Bonchev–Trinajstić information content (AvgIpc) is 2.84. The van der Waals surface area contributed by atoms with Crippen LogP contribution in [0.3, 0.4) is 0 Å². The molecule has 0 aliphatic carbocycles. The number of nitrogens with one attached hydrogen (secondary N) is 1. The van der Waals surface area contributed by atoms with Crippen molar-refractivity contribution in [2.75, 3.05) is 0 Å². The van der Waals surface area contributed by atoms with Gasteiger partial charge in [0, 0.05) is 6.42 Å². The number of hydrogen-bond donors (Lipinski definition) is 1. The van der Waals surface area contributed by atoms with Gasteiger partial charge in [0.2, 0.25) is 6.41 Å². The van der Waals surface area contributed by atoms with Crippen LogP contribution in [-0.2, 0) is 23.9 Å². The van der Waals surface area contributed by atoms with E-state index in [0.717, 1.165) is 44.9 Å². The molecular formula is C30H55NO5. The van der Waals surface area contributed by atoms with Crippen LogP contribution in [0.2, 0.25) is 0 Å². The van der Waals surface area contributed by atoms with E-state index < -0.39 is 6.04 Å². The summed E-state index contributed by atoms with van der Waals surface area (Å²) >= 11 is 0. The third-order valence-corrected chi connectivity index (χ3v) is 7.60. The molecule has 5 atom stereocenters. The van der Waals surface area contributed by atoms with Gasteiger partial charge in [-0.15, -0.1) is 0 Å². The van der Waals surface area contributed by atoms with Crippen LogP contribution in [-0.4, -0.2) is 36.6 Å². The van der Waals surface area contributed by atoms with Gasteiger partial charge in [0.15, 0.2) is 0 Å². The summed E-state index contributed by atoms with van der Waals surface area (Å²) in [6.45, 7) is 10.7. The Labute approximate surface area is 221 Å². The zero-order valence-corrected chi connectivity index (χ0v) is 23.9. The Morgan fingerprint density at radius 1 is 0.972 bits per heavy atom. The molecule has 1 aliphatic rings. The molecule has 1 aliphatic heterocycles. The van der Waals surface area contributed by atoms with Crippen LogP contribution in [0.1, 0.15) is 137 Å². The molecule has 0 aromatic carbocycles. The van der Waals surface area contributed by atoms with Crippen LogP contribution < -0.4 is 5.32 Å². The fourth-order valence-corrected chi connectivity index (χ4v) is 5.00.